The van der Waals surface area contributed by atoms with Gasteiger partial charge in [0.1, 0.15) is 5.82 Å². The molecule has 2 aliphatic heterocycles. The third-order valence-electron chi connectivity index (χ3n) is 6.35. The van der Waals surface area contributed by atoms with Gasteiger partial charge in [-0.15, -0.1) is 0 Å². The van der Waals surface area contributed by atoms with Gasteiger partial charge in [-0.1, -0.05) is 31.2 Å². The Kier molecular flexibility index (Phi) is 5.88. The Morgan fingerprint density at radius 3 is 2.46 bits per heavy atom. The molecule has 0 amide bonds. The second-order valence-corrected chi connectivity index (χ2v) is 8.16. The molecule has 0 bridgehead atoms. The minimum absolute atomic E-state index is 0.676. The van der Waals surface area contributed by atoms with E-state index in [4.69, 9.17) is 5.73 Å². The molecule has 0 atom stereocenters. The maximum absolute atomic E-state index is 6.05. The average molecular weight is 379 g/mol. The van der Waals surface area contributed by atoms with Crippen molar-refractivity contribution in [3.05, 3.63) is 64.6 Å². The molecule has 1 aromatic carbocycles. The molecular weight excluding hydrogens is 344 g/mol. The van der Waals surface area contributed by atoms with Crippen molar-refractivity contribution in [1.82, 2.24) is 10.2 Å². The lowest BCUT2D eigenvalue weighted by Crippen LogP contribution is -2.48. The predicted octanol–water partition coefficient (Wildman–Crippen LogP) is 4.06. The number of nitrogens with two attached hydrogens (primary N) is 1. The number of nitrogens with zero attached hydrogens (tertiary/aromatic N) is 2. The van der Waals surface area contributed by atoms with Gasteiger partial charge in [0.25, 0.3) is 0 Å². The molecule has 150 valence electrons. The van der Waals surface area contributed by atoms with Gasteiger partial charge >= 0.3 is 0 Å². The molecule has 4 rings (SSSR count). The zero-order chi connectivity index (χ0) is 19.5. The normalized spacial score (nSPS) is 21.1. The lowest BCUT2D eigenvalue weighted by atomic mass is 9.87. The van der Waals surface area contributed by atoms with E-state index >= 15 is 0 Å². The van der Waals surface area contributed by atoms with Crippen molar-refractivity contribution < 1.29 is 0 Å². The second kappa shape index (κ2) is 8.54. The zero-order valence-electron chi connectivity index (χ0n) is 17.3. The van der Waals surface area contributed by atoms with E-state index in [1.165, 1.54) is 54.7 Å². The Morgan fingerprint density at radius 2 is 1.75 bits per heavy atom. The van der Waals surface area contributed by atoms with Crippen molar-refractivity contribution in [3.8, 4) is 0 Å². The number of nitrogens with one attached hydrogen (secondary N) is 1. The summed E-state index contributed by atoms with van der Waals surface area (Å²) in [5.74, 6) is 1.39. The monoisotopic (exact) mass is 378 g/mol. The highest BCUT2D eigenvalue weighted by atomic mass is 15.4. The second-order valence-electron chi connectivity index (χ2n) is 8.16. The molecule has 0 radical (unpaired) electrons. The summed E-state index contributed by atoms with van der Waals surface area (Å²) >= 11 is 0. The number of anilines is 1. The van der Waals surface area contributed by atoms with Gasteiger partial charge in [0.05, 0.1) is 5.69 Å². The van der Waals surface area contributed by atoms with Crippen LogP contribution in [-0.4, -0.2) is 37.6 Å². The number of rotatable bonds is 4. The Morgan fingerprint density at radius 1 is 1.04 bits per heavy atom. The maximum atomic E-state index is 6.05. The standard InChI is InChI=1S/C24H34N4/c1-18-8-6-7-11-23(18)28-19(2)20(12-13-25)21-9-4-3-5-10-22(21)24(28)27-16-14-26-15-17-27/h6-8,11,26H,2-5,9-10,12-17,25H2,1H3. The fourth-order valence-corrected chi connectivity index (χ4v) is 4.96. The molecule has 1 aromatic rings. The quantitative estimate of drug-likeness (QED) is 0.829. The van der Waals surface area contributed by atoms with Gasteiger partial charge in [-0.25, -0.2) is 0 Å². The molecule has 0 unspecified atom stereocenters. The first kappa shape index (κ1) is 19.3. The number of para-hydroxylation sites is 1. The van der Waals surface area contributed by atoms with Gasteiger partial charge in [-0.3, -0.25) is 4.90 Å². The van der Waals surface area contributed by atoms with Gasteiger partial charge in [0.2, 0.25) is 0 Å². The van der Waals surface area contributed by atoms with E-state index in [0.29, 0.717) is 6.54 Å². The summed E-state index contributed by atoms with van der Waals surface area (Å²) in [5, 5.41) is 3.51. The van der Waals surface area contributed by atoms with E-state index < -0.39 is 0 Å². The van der Waals surface area contributed by atoms with E-state index in [2.05, 4.69) is 52.9 Å². The summed E-state index contributed by atoms with van der Waals surface area (Å²) in [6.07, 6.45) is 7.11. The highest BCUT2D eigenvalue weighted by molar-refractivity contribution is 5.70. The third-order valence-corrected chi connectivity index (χ3v) is 6.35. The molecule has 4 nitrogen and oxygen atoms in total. The molecule has 2 heterocycles. The van der Waals surface area contributed by atoms with E-state index in [-0.39, 0.29) is 0 Å². The van der Waals surface area contributed by atoms with Crippen molar-refractivity contribution in [3.63, 3.8) is 0 Å². The van der Waals surface area contributed by atoms with Crippen molar-refractivity contribution in [2.45, 2.75) is 45.4 Å². The van der Waals surface area contributed by atoms with Crippen LogP contribution in [0.15, 0.2) is 59.1 Å². The Bertz CT molecular complexity index is 799. The number of aryl methyl sites for hydroxylation is 1. The van der Waals surface area contributed by atoms with E-state index in [0.717, 1.165) is 38.3 Å². The molecule has 1 saturated carbocycles. The SMILES string of the molecule is C=C1C(CCN)=C2CCCCCC2=C(N2CCNCC2)N1c1ccccc1C. The van der Waals surface area contributed by atoms with Crippen LogP contribution in [0.3, 0.4) is 0 Å². The van der Waals surface area contributed by atoms with Gasteiger partial charge in [-0.2, -0.15) is 0 Å². The largest absolute Gasteiger partial charge is 0.355 e. The van der Waals surface area contributed by atoms with Crippen molar-refractivity contribution >= 4 is 5.69 Å². The lowest BCUT2D eigenvalue weighted by molar-refractivity contribution is 0.290. The predicted molar refractivity (Wildman–Crippen MR) is 118 cm³/mol. The summed E-state index contributed by atoms with van der Waals surface area (Å²) in [5.41, 5.74) is 14.2. The van der Waals surface area contributed by atoms with E-state index in [1.54, 1.807) is 11.1 Å². The molecule has 3 aliphatic rings. The topological polar surface area (TPSA) is 44.5 Å². The number of piperazine rings is 1. The molecular formula is C24H34N4. The smallest absolute Gasteiger partial charge is 0.117 e. The van der Waals surface area contributed by atoms with Crippen LogP contribution in [0.1, 0.15) is 44.1 Å². The van der Waals surface area contributed by atoms with E-state index in [1.807, 2.05) is 0 Å². The van der Waals surface area contributed by atoms with Crippen LogP contribution in [0.4, 0.5) is 5.69 Å². The fraction of sp³-hybridized carbons (Fsp3) is 0.500. The summed E-state index contributed by atoms with van der Waals surface area (Å²) < 4.78 is 0. The van der Waals surface area contributed by atoms with Crippen LogP contribution < -0.4 is 16.0 Å². The zero-order valence-corrected chi connectivity index (χ0v) is 17.3. The lowest BCUT2D eigenvalue weighted by Gasteiger charge is -2.45. The molecule has 4 heteroatoms. The summed E-state index contributed by atoms with van der Waals surface area (Å²) in [6, 6.07) is 8.71. The van der Waals surface area contributed by atoms with Crippen LogP contribution in [0.5, 0.6) is 0 Å². The molecule has 28 heavy (non-hydrogen) atoms. The average Bonchev–Trinajstić information content (AvgIpc) is 2.97. The number of allylic oxidation sites excluding steroid dienone is 3. The molecule has 3 N–H and O–H groups in total. The first-order valence-corrected chi connectivity index (χ1v) is 10.9. The van der Waals surface area contributed by atoms with Crippen LogP contribution in [0.25, 0.3) is 0 Å². The van der Waals surface area contributed by atoms with Crippen LogP contribution in [0, 0.1) is 6.92 Å². The minimum atomic E-state index is 0.676. The van der Waals surface area contributed by atoms with Gasteiger partial charge in [0.15, 0.2) is 0 Å². The first-order valence-electron chi connectivity index (χ1n) is 10.9. The van der Waals surface area contributed by atoms with Gasteiger partial charge < -0.3 is 16.0 Å². The van der Waals surface area contributed by atoms with Crippen LogP contribution in [0.2, 0.25) is 0 Å². The molecule has 1 aliphatic carbocycles. The Labute approximate surface area is 169 Å². The summed E-state index contributed by atoms with van der Waals surface area (Å²) in [6.45, 7) is 11.7. The Balaban J connectivity index is 1.92. The van der Waals surface area contributed by atoms with Crippen molar-refractivity contribution in [2.24, 2.45) is 5.73 Å². The number of hydrogen-bond donors (Lipinski definition) is 2. The fourth-order valence-electron chi connectivity index (χ4n) is 4.96. The molecule has 0 aromatic heterocycles. The van der Waals surface area contributed by atoms with E-state index in [9.17, 15) is 0 Å². The number of fused-ring (bicyclic) bond motifs is 1. The van der Waals surface area contributed by atoms with Crippen LogP contribution >= 0.6 is 0 Å². The van der Waals surface area contributed by atoms with Crippen molar-refractivity contribution in [2.75, 3.05) is 37.6 Å². The third kappa shape index (κ3) is 3.51. The Hall–Kier alpha value is -2.04. The van der Waals surface area contributed by atoms with Gasteiger partial charge in [-0.05, 0) is 73.9 Å². The molecule has 2 fully saturated rings. The van der Waals surface area contributed by atoms with Crippen LogP contribution in [-0.2, 0) is 0 Å². The minimum Gasteiger partial charge on any atom is -0.355 e. The molecule has 0 spiro atoms. The number of benzene rings is 1. The number of hydrogen-bond acceptors (Lipinski definition) is 4. The highest BCUT2D eigenvalue weighted by Gasteiger charge is 2.34. The maximum Gasteiger partial charge on any atom is 0.117 e. The summed E-state index contributed by atoms with van der Waals surface area (Å²) in [4.78, 5) is 5.05. The van der Waals surface area contributed by atoms with Crippen molar-refractivity contribution in [1.29, 1.82) is 0 Å². The highest BCUT2D eigenvalue weighted by Crippen LogP contribution is 2.45. The first-order chi connectivity index (χ1) is 13.7. The summed E-state index contributed by atoms with van der Waals surface area (Å²) in [7, 11) is 0. The molecule has 1 saturated heterocycles. The van der Waals surface area contributed by atoms with Gasteiger partial charge in [0, 0.05) is 31.9 Å².